The van der Waals surface area contributed by atoms with Crippen molar-refractivity contribution in [2.45, 2.75) is 70.5 Å². The maximum atomic E-state index is 12.2. The zero-order chi connectivity index (χ0) is 19.5. The van der Waals surface area contributed by atoms with E-state index in [9.17, 15) is 9.59 Å². The number of hydrogen-bond donors (Lipinski definition) is 1. The molecule has 0 bridgehead atoms. The summed E-state index contributed by atoms with van der Waals surface area (Å²) in [4.78, 5) is 24.0. The van der Waals surface area contributed by atoms with Crippen molar-refractivity contribution in [2.75, 3.05) is 6.61 Å². The molecule has 1 aromatic heterocycles. The molecule has 0 aromatic carbocycles. The molecule has 0 unspecified atom stereocenters. The molecule has 1 aromatic rings. The molecule has 1 aliphatic heterocycles. The number of nitrogens with one attached hydrogen (secondary N) is 1. The lowest BCUT2D eigenvalue weighted by Crippen LogP contribution is -2.59. The Morgan fingerprint density at radius 3 is 2.58 bits per heavy atom. The minimum Gasteiger partial charge on any atom is -0.426 e. The Labute approximate surface area is 160 Å². The molecule has 2 heterocycles. The van der Waals surface area contributed by atoms with E-state index in [0.29, 0.717) is 37.7 Å². The minimum atomic E-state index is -1.90. The maximum Gasteiger partial charge on any atom is 0.229 e. The van der Waals surface area contributed by atoms with Crippen molar-refractivity contribution < 1.29 is 18.4 Å². The van der Waals surface area contributed by atoms with E-state index in [2.05, 4.69) is 49.4 Å². The Hall–Kier alpha value is -1.19. The first-order valence-electron chi connectivity index (χ1n) is 8.92. The number of aryl methyl sites for hydroxylation is 2. The van der Waals surface area contributed by atoms with Crippen LogP contribution in [0.2, 0.25) is 18.1 Å². The third-order valence-electron chi connectivity index (χ3n) is 5.01. The number of nitrogens with zero attached hydrogens (tertiary/aromatic N) is 2. The minimum absolute atomic E-state index is 0.0321. The van der Waals surface area contributed by atoms with Crippen LogP contribution >= 0.6 is 11.8 Å². The second kappa shape index (κ2) is 8.22. The summed E-state index contributed by atoms with van der Waals surface area (Å²) in [6.07, 6.45) is 1.65. The van der Waals surface area contributed by atoms with Gasteiger partial charge in [-0.05, 0) is 24.6 Å². The van der Waals surface area contributed by atoms with E-state index in [1.807, 2.05) is 0 Å². The molecule has 0 aliphatic carbocycles. The number of amides is 1. The van der Waals surface area contributed by atoms with E-state index in [4.69, 9.17) is 8.84 Å². The van der Waals surface area contributed by atoms with Crippen LogP contribution in [0.1, 0.15) is 45.4 Å². The highest BCUT2D eigenvalue weighted by Crippen LogP contribution is 2.38. The van der Waals surface area contributed by atoms with Crippen LogP contribution in [0, 0.1) is 12.8 Å². The van der Waals surface area contributed by atoms with E-state index in [0.717, 1.165) is 0 Å². The van der Waals surface area contributed by atoms with Gasteiger partial charge in [-0.25, -0.2) is 0 Å². The highest BCUT2D eigenvalue weighted by atomic mass is 32.2. The van der Waals surface area contributed by atoms with Gasteiger partial charge in [0, 0.05) is 26.4 Å². The van der Waals surface area contributed by atoms with Crippen molar-refractivity contribution in [2.24, 2.45) is 5.92 Å². The summed E-state index contributed by atoms with van der Waals surface area (Å²) < 4.78 is 11.4. The second-order valence-corrected chi connectivity index (χ2v) is 14.2. The molecule has 7 nitrogen and oxygen atoms in total. The Bertz CT molecular complexity index is 657. The van der Waals surface area contributed by atoms with E-state index in [-0.39, 0.29) is 27.4 Å². The molecular weight excluding hydrogens is 370 g/mol. The Morgan fingerprint density at radius 1 is 1.35 bits per heavy atom. The van der Waals surface area contributed by atoms with Crippen molar-refractivity contribution in [1.82, 2.24) is 15.5 Å². The van der Waals surface area contributed by atoms with Gasteiger partial charge in [-0.15, -0.1) is 10.2 Å². The number of thioether (sulfide) groups is 1. The Kier molecular flexibility index (Phi) is 6.68. The molecule has 0 radical (unpaired) electrons. The molecule has 1 amide bonds. The summed E-state index contributed by atoms with van der Waals surface area (Å²) in [6, 6.07) is 0. The van der Waals surface area contributed by atoms with E-state index < -0.39 is 8.32 Å². The number of carbonyl (C=O) groups is 2. The number of carbonyl (C=O) groups excluding carboxylic acids is 2. The average molecular weight is 400 g/mol. The van der Waals surface area contributed by atoms with Gasteiger partial charge in [-0.2, -0.15) is 0 Å². The molecule has 9 heteroatoms. The van der Waals surface area contributed by atoms with Crippen LogP contribution in [0.3, 0.4) is 0 Å². The fourth-order valence-corrected chi connectivity index (χ4v) is 4.32. The van der Waals surface area contributed by atoms with Crippen LogP contribution in [0.15, 0.2) is 4.42 Å². The van der Waals surface area contributed by atoms with Crippen molar-refractivity contribution in [3.8, 4) is 0 Å². The third kappa shape index (κ3) is 5.40. The lowest BCUT2D eigenvalue weighted by Gasteiger charge is -2.41. The van der Waals surface area contributed by atoms with Crippen LogP contribution in [-0.4, -0.2) is 41.5 Å². The second-order valence-electron chi connectivity index (χ2n) is 8.17. The highest BCUT2D eigenvalue weighted by Gasteiger charge is 2.44. The smallest absolute Gasteiger partial charge is 0.229 e. The topological polar surface area (TPSA) is 94.3 Å². The third-order valence-corrected chi connectivity index (χ3v) is 10.7. The van der Waals surface area contributed by atoms with Gasteiger partial charge in [0.1, 0.15) is 0 Å². The zero-order valence-electron chi connectivity index (χ0n) is 16.4. The summed E-state index contributed by atoms with van der Waals surface area (Å²) in [5.74, 6) is 0.798. The molecule has 2 rings (SSSR count). The summed E-state index contributed by atoms with van der Waals surface area (Å²) in [5.41, 5.74) is 0. The van der Waals surface area contributed by atoms with Gasteiger partial charge in [0.05, 0.1) is 11.3 Å². The number of hydrogen-bond acceptors (Lipinski definition) is 7. The van der Waals surface area contributed by atoms with Crippen molar-refractivity contribution in [3.05, 3.63) is 11.8 Å². The van der Waals surface area contributed by atoms with Crippen LogP contribution < -0.4 is 5.32 Å². The molecule has 2 atom stereocenters. The van der Waals surface area contributed by atoms with Crippen molar-refractivity contribution >= 4 is 31.1 Å². The molecule has 1 saturated heterocycles. The summed E-state index contributed by atoms with van der Waals surface area (Å²) >= 11 is 1.19. The number of β-lactam (4-membered cyclic amide) rings is 1. The SMILES string of the molecule is Cc1nnc(CCCC(=O)S[C@H]2NC(=O)[C@@H]2CO[Si](C)(C)C(C)(C)C)o1. The quantitative estimate of drug-likeness (QED) is 0.530. The lowest BCUT2D eigenvalue weighted by molar-refractivity contribution is -0.133. The normalized spacial score (nSPS) is 20.6. The molecule has 26 heavy (non-hydrogen) atoms. The van der Waals surface area contributed by atoms with Crippen LogP contribution in [0.5, 0.6) is 0 Å². The van der Waals surface area contributed by atoms with E-state index in [1.165, 1.54) is 11.8 Å². The standard InChI is InChI=1S/C17H29N3O4SSi/c1-11-19-20-13(24-11)8-7-9-14(21)25-16-12(15(22)18-16)10-23-26(5,6)17(2,3)4/h12,16H,7-10H2,1-6H3,(H,18,22)/t12-,16+/m0/s1. The predicted molar refractivity (Wildman–Crippen MR) is 103 cm³/mol. The molecule has 1 N–H and O–H groups in total. The Morgan fingerprint density at radius 2 is 2.04 bits per heavy atom. The lowest BCUT2D eigenvalue weighted by atomic mass is 10.0. The van der Waals surface area contributed by atoms with Crippen molar-refractivity contribution in [1.29, 1.82) is 0 Å². The van der Waals surface area contributed by atoms with Gasteiger partial charge in [0.2, 0.25) is 17.7 Å². The van der Waals surface area contributed by atoms with Gasteiger partial charge in [-0.1, -0.05) is 32.5 Å². The van der Waals surface area contributed by atoms with Crippen LogP contribution in [-0.2, 0) is 20.4 Å². The molecule has 0 spiro atoms. The monoisotopic (exact) mass is 399 g/mol. The molecule has 146 valence electrons. The first-order chi connectivity index (χ1) is 12.0. The van der Waals surface area contributed by atoms with Gasteiger partial charge >= 0.3 is 0 Å². The molecular formula is C17H29N3O4SSi. The summed E-state index contributed by atoms with van der Waals surface area (Å²) in [6.45, 7) is 13.0. The maximum absolute atomic E-state index is 12.2. The first kappa shape index (κ1) is 21.1. The largest absolute Gasteiger partial charge is 0.426 e. The van der Waals surface area contributed by atoms with Gasteiger partial charge in [0.25, 0.3) is 0 Å². The summed E-state index contributed by atoms with van der Waals surface area (Å²) in [5, 5.41) is 10.5. The summed E-state index contributed by atoms with van der Waals surface area (Å²) in [7, 11) is -1.90. The zero-order valence-corrected chi connectivity index (χ0v) is 18.2. The fraction of sp³-hybridized carbons (Fsp3) is 0.765. The van der Waals surface area contributed by atoms with E-state index in [1.54, 1.807) is 6.92 Å². The van der Waals surface area contributed by atoms with Crippen molar-refractivity contribution in [3.63, 3.8) is 0 Å². The first-order valence-corrected chi connectivity index (χ1v) is 12.7. The van der Waals surface area contributed by atoms with Gasteiger partial charge < -0.3 is 14.2 Å². The molecule has 1 fully saturated rings. The number of aromatic nitrogens is 2. The van der Waals surface area contributed by atoms with Crippen LogP contribution in [0.25, 0.3) is 0 Å². The Balaban J connectivity index is 1.74. The predicted octanol–water partition coefficient (Wildman–Crippen LogP) is 3.05. The molecule has 0 saturated carbocycles. The average Bonchev–Trinajstić information content (AvgIpc) is 2.91. The van der Waals surface area contributed by atoms with E-state index >= 15 is 0 Å². The molecule has 1 aliphatic rings. The fourth-order valence-electron chi connectivity index (χ4n) is 2.20. The van der Waals surface area contributed by atoms with Gasteiger partial charge in [-0.3, -0.25) is 9.59 Å². The highest BCUT2D eigenvalue weighted by molar-refractivity contribution is 8.14. The van der Waals surface area contributed by atoms with Gasteiger partial charge in [0.15, 0.2) is 13.4 Å². The number of rotatable bonds is 8. The van der Waals surface area contributed by atoms with Crippen LogP contribution in [0.4, 0.5) is 0 Å².